The molecule has 5 nitrogen and oxygen atoms in total. The van der Waals surface area contributed by atoms with Crippen molar-refractivity contribution in [3.05, 3.63) is 70.6 Å². The third kappa shape index (κ3) is 5.09. The van der Waals surface area contributed by atoms with Crippen LogP contribution in [0.1, 0.15) is 46.1 Å². The SMILES string of the molecule is CC1=C(C(=O)[O-])C(c2ccccc2)C(C(=O)OCC=CC(C)(C)C)=C(C)N1. The van der Waals surface area contributed by atoms with Crippen molar-refractivity contribution in [1.82, 2.24) is 5.32 Å². The van der Waals surface area contributed by atoms with Crippen LogP contribution in [-0.4, -0.2) is 18.5 Å². The summed E-state index contributed by atoms with van der Waals surface area (Å²) in [5, 5.41) is 14.8. The Balaban J connectivity index is 2.37. The number of carbonyl (C=O) groups excluding carboxylic acids is 2. The van der Waals surface area contributed by atoms with E-state index in [0.29, 0.717) is 17.0 Å². The van der Waals surface area contributed by atoms with Gasteiger partial charge in [0.15, 0.2) is 0 Å². The number of hydrogen-bond donors (Lipinski definition) is 1. The Morgan fingerprint density at radius 2 is 1.70 bits per heavy atom. The maximum atomic E-state index is 12.8. The number of rotatable bonds is 5. The maximum Gasteiger partial charge on any atom is 0.337 e. The maximum absolute atomic E-state index is 12.8. The number of carboxylic acids is 1. The predicted molar refractivity (Wildman–Crippen MR) is 102 cm³/mol. The monoisotopic (exact) mass is 368 g/mol. The van der Waals surface area contributed by atoms with E-state index in [0.717, 1.165) is 0 Å². The van der Waals surface area contributed by atoms with E-state index in [1.807, 2.05) is 45.0 Å². The van der Waals surface area contributed by atoms with Crippen LogP contribution >= 0.6 is 0 Å². The fraction of sp³-hybridized carbons (Fsp3) is 0.364. The van der Waals surface area contributed by atoms with Crippen molar-refractivity contribution in [2.24, 2.45) is 5.41 Å². The van der Waals surface area contributed by atoms with Crippen molar-refractivity contribution in [3.8, 4) is 0 Å². The van der Waals surface area contributed by atoms with Crippen LogP contribution in [0.15, 0.2) is 65.0 Å². The Kier molecular flexibility index (Phi) is 6.26. The van der Waals surface area contributed by atoms with E-state index < -0.39 is 17.9 Å². The number of allylic oxidation sites excluding steroid dienone is 3. The van der Waals surface area contributed by atoms with E-state index in [4.69, 9.17) is 4.74 Å². The molecule has 0 bridgehead atoms. The van der Waals surface area contributed by atoms with Gasteiger partial charge in [0.05, 0.1) is 11.5 Å². The summed E-state index contributed by atoms with van der Waals surface area (Å²) in [7, 11) is 0. The number of carbonyl (C=O) groups is 2. The summed E-state index contributed by atoms with van der Waals surface area (Å²) in [4.78, 5) is 24.6. The van der Waals surface area contributed by atoms with Crippen LogP contribution in [0, 0.1) is 5.41 Å². The average Bonchev–Trinajstić information content (AvgIpc) is 2.57. The molecule has 1 atom stereocenters. The Bertz CT molecular complexity index is 810. The van der Waals surface area contributed by atoms with Crippen LogP contribution in [-0.2, 0) is 14.3 Å². The van der Waals surface area contributed by atoms with E-state index >= 15 is 0 Å². The van der Waals surface area contributed by atoms with Crippen molar-refractivity contribution < 1.29 is 19.4 Å². The fourth-order valence-corrected chi connectivity index (χ4v) is 3.12. The summed E-state index contributed by atoms with van der Waals surface area (Å²) in [5.74, 6) is -2.59. The largest absolute Gasteiger partial charge is 0.545 e. The van der Waals surface area contributed by atoms with Gasteiger partial charge >= 0.3 is 5.97 Å². The Labute approximate surface area is 160 Å². The molecule has 144 valence electrons. The van der Waals surface area contributed by atoms with Gasteiger partial charge < -0.3 is 20.0 Å². The number of benzene rings is 1. The predicted octanol–water partition coefficient (Wildman–Crippen LogP) is 2.82. The molecule has 0 fully saturated rings. The highest BCUT2D eigenvalue weighted by molar-refractivity contribution is 5.98. The van der Waals surface area contributed by atoms with Gasteiger partial charge in [0, 0.05) is 22.9 Å². The molecule has 0 aliphatic carbocycles. The number of nitrogens with one attached hydrogen (secondary N) is 1. The second-order valence-electron chi connectivity index (χ2n) is 7.70. The van der Waals surface area contributed by atoms with Crippen LogP contribution in [0.5, 0.6) is 0 Å². The second kappa shape index (κ2) is 8.25. The molecule has 1 aromatic carbocycles. The van der Waals surface area contributed by atoms with Gasteiger partial charge in [0.25, 0.3) is 0 Å². The zero-order chi connectivity index (χ0) is 20.2. The van der Waals surface area contributed by atoms with Gasteiger partial charge in [-0.05, 0) is 24.8 Å². The highest BCUT2D eigenvalue weighted by Gasteiger charge is 2.34. The summed E-state index contributed by atoms with van der Waals surface area (Å²) < 4.78 is 5.40. The Morgan fingerprint density at radius 3 is 2.26 bits per heavy atom. The molecule has 0 saturated carbocycles. The molecule has 1 heterocycles. The molecule has 1 aliphatic heterocycles. The zero-order valence-corrected chi connectivity index (χ0v) is 16.5. The minimum atomic E-state index is -1.31. The number of carboxylic acid groups (broad SMARTS) is 1. The van der Waals surface area contributed by atoms with Gasteiger partial charge in [0.1, 0.15) is 6.61 Å². The Hall–Kier alpha value is -2.82. The van der Waals surface area contributed by atoms with E-state index in [9.17, 15) is 14.7 Å². The van der Waals surface area contributed by atoms with Gasteiger partial charge in [-0.3, -0.25) is 0 Å². The lowest BCUT2D eigenvalue weighted by atomic mass is 9.80. The van der Waals surface area contributed by atoms with Crippen molar-refractivity contribution in [3.63, 3.8) is 0 Å². The topological polar surface area (TPSA) is 78.5 Å². The van der Waals surface area contributed by atoms with Gasteiger partial charge in [-0.1, -0.05) is 63.3 Å². The van der Waals surface area contributed by atoms with Crippen molar-refractivity contribution in [2.45, 2.75) is 40.5 Å². The van der Waals surface area contributed by atoms with Crippen molar-refractivity contribution in [2.75, 3.05) is 6.61 Å². The molecule has 0 amide bonds. The fourth-order valence-electron chi connectivity index (χ4n) is 3.12. The van der Waals surface area contributed by atoms with Gasteiger partial charge in [-0.25, -0.2) is 4.79 Å². The van der Waals surface area contributed by atoms with Crippen LogP contribution in [0.2, 0.25) is 0 Å². The molecule has 5 heteroatoms. The molecule has 0 spiro atoms. The first-order valence-corrected chi connectivity index (χ1v) is 8.91. The van der Waals surface area contributed by atoms with Crippen molar-refractivity contribution >= 4 is 11.9 Å². The standard InChI is InChI=1S/C22H27NO4/c1-14-17(20(24)25)19(16-10-7-6-8-11-16)18(15(2)23-14)21(26)27-13-9-12-22(3,4)5/h6-12,19,23H,13H2,1-5H3,(H,24,25)/p-1. The summed E-state index contributed by atoms with van der Waals surface area (Å²) in [6.07, 6.45) is 3.76. The molecular weight excluding hydrogens is 342 g/mol. The van der Waals surface area contributed by atoms with Gasteiger partial charge in [-0.15, -0.1) is 0 Å². The van der Waals surface area contributed by atoms with Crippen molar-refractivity contribution in [1.29, 1.82) is 0 Å². The molecule has 1 N–H and O–H groups in total. The lowest BCUT2D eigenvalue weighted by Gasteiger charge is -2.32. The quantitative estimate of drug-likeness (QED) is 0.639. The molecule has 0 radical (unpaired) electrons. The number of hydrogen-bond acceptors (Lipinski definition) is 5. The number of aliphatic carboxylic acids is 1. The van der Waals surface area contributed by atoms with Crippen LogP contribution in [0.3, 0.4) is 0 Å². The molecule has 1 unspecified atom stereocenters. The molecule has 0 aromatic heterocycles. The number of dihydropyridines is 1. The average molecular weight is 368 g/mol. The first-order chi connectivity index (χ1) is 12.6. The van der Waals surface area contributed by atoms with Crippen LogP contribution in [0.4, 0.5) is 0 Å². The summed E-state index contributed by atoms with van der Waals surface area (Å²) in [6, 6.07) is 9.05. The highest BCUT2D eigenvalue weighted by atomic mass is 16.5. The summed E-state index contributed by atoms with van der Waals surface area (Å²) in [5.41, 5.74) is 2.07. The third-order valence-electron chi connectivity index (χ3n) is 4.26. The lowest BCUT2D eigenvalue weighted by Crippen LogP contribution is -2.37. The van der Waals surface area contributed by atoms with E-state index in [2.05, 4.69) is 5.32 Å². The van der Waals surface area contributed by atoms with Crippen LogP contribution in [0.25, 0.3) is 0 Å². The second-order valence-corrected chi connectivity index (χ2v) is 7.70. The van der Waals surface area contributed by atoms with Gasteiger partial charge in [0.2, 0.25) is 0 Å². The molecule has 0 saturated heterocycles. The van der Waals surface area contributed by atoms with Gasteiger partial charge in [-0.2, -0.15) is 0 Å². The third-order valence-corrected chi connectivity index (χ3v) is 4.26. The van der Waals surface area contributed by atoms with E-state index in [1.165, 1.54) is 0 Å². The minimum absolute atomic E-state index is 0.0114. The summed E-state index contributed by atoms with van der Waals surface area (Å²) >= 11 is 0. The smallest absolute Gasteiger partial charge is 0.337 e. The molecule has 2 rings (SSSR count). The Morgan fingerprint density at radius 1 is 1.11 bits per heavy atom. The number of ether oxygens (including phenoxy) is 1. The van der Waals surface area contributed by atoms with Crippen LogP contribution < -0.4 is 10.4 Å². The minimum Gasteiger partial charge on any atom is -0.545 e. The van der Waals surface area contributed by atoms with E-state index in [-0.39, 0.29) is 23.2 Å². The normalized spacial score (nSPS) is 17.9. The molecule has 27 heavy (non-hydrogen) atoms. The highest BCUT2D eigenvalue weighted by Crippen LogP contribution is 2.38. The number of esters is 1. The first-order valence-electron chi connectivity index (χ1n) is 8.91. The first kappa shape index (κ1) is 20.5. The molecule has 1 aliphatic rings. The van der Waals surface area contributed by atoms with E-state index in [1.54, 1.807) is 32.1 Å². The molecule has 1 aromatic rings. The summed E-state index contributed by atoms with van der Waals surface area (Å²) in [6.45, 7) is 9.68. The zero-order valence-electron chi connectivity index (χ0n) is 16.5. The lowest BCUT2D eigenvalue weighted by molar-refractivity contribution is -0.299. The molecular formula is C22H26NO4-.